The second-order valence-corrected chi connectivity index (χ2v) is 5.61. The van der Waals surface area contributed by atoms with E-state index < -0.39 is 5.91 Å². The molecule has 1 heterocycles. The third kappa shape index (κ3) is 3.41. The van der Waals surface area contributed by atoms with Gasteiger partial charge in [-0.3, -0.25) is 9.59 Å². The quantitative estimate of drug-likeness (QED) is 0.722. The maximum Gasteiger partial charge on any atom is 0.291 e. The highest BCUT2D eigenvalue weighted by atomic mass is 35.5. The number of benzene rings is 2. The molecule has 1 aromatic heterocycles. The van der Waals surface area contributed by atoms with Crippen molar-refractivity contribution in [1.29, 1.82) is 0 Å². The number of furan rings is 1. The van der Waals surface area contributed by atoms with E-state index in [9.17, 15) is 9.59 Å². The van der Waals surface area contributed by atoms with Gasteiger partial charge in [0.2, 0.25) is 5.91 Å². The molecule has 0 saturated heterocycles. The molecule has 0 aliphatic rings. The number of carbonyl (C=O) groups excluding carboxylic acids is 2. The second kappa shape index (κ2) is 6.76. The van der Waals surface area contributed by atoms with Crippen LogP contribution in [0.5, 0.6) is 0 Å². The predicted molar refractivity (Wildman–Crippen MR) is 94.5 cm³/mol. The van der Waals surface area contributed by atoms with E-state index in [2.05, 4.69) is 10.6 Å². The summed E-state index contributed by atoms with van der Waals surface area (Å²) in [6, 6.07) is 13.9. The summed E-state index contributed by atoms with van der Waals surface area (Å²) in [7, 11) is 0. The van der Waals surface area contributed by atoms with E-state index >= 15 is 0 Å². The normalized spacial score (nSPS) is 10.6. The lowest BCUT2D eigenvalue weighted by molar-refractivity contribution is -0.115. The van der Waals surface area contributed by atoms with Gasteiger partial charge in [0.15, 0.2) is 5.76 Å². The van der Waals surface area contributed by atoms with E-state index in [4.69, 9.17) is 16.0 Å². The lowest BCUT2D eigenvalue weighted by Crippen LogP contribution is -2.13. The molecule has 0 aliphatic carbocycles. The van der Waals surface area contributed by atoms with E-state index in [-0.39, 0.29) is 11.7 Å². The maximum absolute atomic E-state index is 12.4. The van der Waals surface area contributed by atoms with Crippen molar-refractivity contribution in [2.24, 2.45) is 0 Å². The van der Waals surface area contributed by atoms with Crippen LogP contribution in [0, 0.1) is 0 Å². The van der Waals surface area contributed by atoms with Crippen molar-refractivity contribution >= 4 is 45.8 Å². The molecule has 0 saturated carbocycles. The van der Waals surface area contributed by atoms with Crippen molar-refractivity contribution in [2.75, 3.05) is 10.6 Å². The number of nitrogens with one attached hydrogen (secondary N) is 2. The Bertz CT molecular complexity index is 885. The van der Waals surface area contributed by atoms with E-state index in [1.54, 1.807) is 37.3 Å². The second-order valence-electron chi connectivity index (χ2n) is 5.20. The molecular weight excluding hydrogens is 328 g/mol. The summed E-state index contributed by atoms with van der Waals surface area (Å²) in [6.07, 6.45) is 0.364. The average molecular weight is 343 g/mol. The van der Waals surface area contributed by atoms with Crippen LogP contribution in [0.1, 0.15) is 23.9 Å². The summed E-state index contributed by atoms with van der Waals surface area (Å²) in [4.78, 5) is 23.8. The van der Waals surface area contributed by atoms with Crippen molar-refractivity contribution in [1.82, 2.24) is 0 Å². The molecule has 3 aromatic rings. The number of hydrogen-bond acceptors (Lipinski definition) is 3. The monoisotopic (exact) mass is 342 g/mol. The summed E-state index contributed by atoms with van der Waals surface area (Å²) in [5.74, 6) is -0.339. The first-order chi connectivity index (χ1) is 11.6. The van der Waals surface area contributed by atoms with E-state index in [1.165, 1.54) is 0 Å². The van der Waals surface area contributed by atoms with Gasteiger partial charge in [0.25, 0.3) is 5.91 Å². The molecule has 0 aliphatic heterocycles. The maximum atomic E-state index is 12.4. The molecule has 2 N–H and O–H groups in total. The number of anilines is 2. The van der Waals surface area contributed by atoms with Crippen molar-refractivity contribution in [2.45, 2.75) is 13.3 Å². The zero-order valence-electron chi connectivity index (χ0n) is 12.9. The number of halogens is 1. The molecule has 5 nitrogen and oxygen atoms in total. The van der Waals surface area contributed by atoms with Crippen LogP contribution < -0.4 is 10.6 Å². The van der Waals surface area contributed by atoms with Gasteiger partial charge in [0, 0.05) is 17.5 Å². The van der Waals surface area contributed by atoms with Gasteiger partial charge in [0.1, 0.15) is 5.58 Å². The van der Waals surface area contributed by atoms with Gasteiger partial charge < -0.3 is 15.1 Å². The number of amides is 2. The SMILES string of the molecule is CCC(=O)Nc1ccc(Cl)c(NC(=O)c2cc3ccccc3o2)c1. The lowest BCUT2D eigenvalue weighted by atomic mass is 10.2. The average Bonchev–Trinajstić information content (AvgIpc) is 3.02. The molecule has 0 bridgehead atoms. The largest absolute Gasteiger partial charge is 0.451 e. The molecule has 122 valence electrons. The molecular formula is C18H15ClN2O3. The van der Waals surface area contributed by atoms with Crippen LogP contribution in [0.4, 0.5) is 11.4 Å². The standard InChI is InChI=1S/C18H15ClN2O3/c1-2-17(22)20-12-7-8-13(19)14(10-12)21-18(23)16-9-11-5-3-4-6-15(11)24-16/h3-10H,2H2,1H3,(H,20,22)(H,21,23). The Morgan fingerprint density at radius 2 is 1.88 bits per heavy atom. The van der Waals surface area contributed by atoms with Crippen LogP contribution in [0.15, 0.2) is 52.9 Å². The molecule has 24 heavy (non-hydrogen) atoms. The number of para-hydroxylation sites is 1. The van der Waals surface area contributed by atoms with E-state index in [0.29, 0.717) is 28.4 Å². The van der Waals surface area contributed by atoms with Gasteiger partial charge in [-0.1, -0.05) is 36.7 Å². The summed E-state index contributed by atoms with van der Waals surface area (Å²) in [5, 5.41) is 6.64. The Morgan fingerprint density at radius 1 is 1.08 bits per heavy atom. The number of carbonyl (C=O) groups is 2. The van der Waals surface area contributed by atoms with Crippen molar-refractivity contribution in [3.63, 3.8) is 0 Å². The van der Waals surface area contributed by atoms with Crippen LogP contribution in [0.3, 0.4) is 0 Å². The minimum Gasteiger partial charge on any atom is -0.451 e. The number of rotatable bonds is 4. The van der Waals surface area contributed by atoms with Gasteiger partial charge >= 0.3 is 0 Å². The van der Waals surface area contributed by atoms with Crippen molar-refractivity contribution < 1.29 is 14.0 Å². The Hall–Kier alpha value is -2.79. The summed E-state index contributed by atoms with van der Waals surface area (Å²) in [6.45, 7) is 1.76. The predicted octanol–water partition coefficient (Wildman–Crippen LogP) is 4.69. The minimum absolute atomic E-state index is 0.119. The fourth-order valence-electron chi connectivity index (χ4n) is 2.23. The summed E-state index contributed by atoms with van der Waals surface area (Å²) < 4.78 is 5.53. The smallest absolute Gasteiger partial charge is 0.291 e. The van der Waals surface area contributed by atoms with Crippen molar-refractivity contribution in [3.8, 4) is 0 Å². The minimum atomic E-state index is -0.410. The molecule has 0 atom stereocenters. The van der Waals surface area contributed by atoms with Gasteiger partial charge in [-0.15, -0.1) is 0 Å². The Kier molecular flexibility index (Phi) is 4.53. The first-order valence-corrected chi connectivity index (χ1v) is 7.84. The van der Waals surface area contributed by atoms with E-state index in [1.807, 2.05) is 18.2 Å². The molecule has 0 spiro atoms. The third-order valence-electron chi connectivity index (χ3n) is 3.47. The zero-order valence-corrected chi connectivity index (χ0v) is 13.7. The van der Waals surface area contributed by atoms with Crippen LogP contribution in [0.2, 0.25) is 5.02 Å². The Balaban J connectivity index is 1.82. The number of fused-ring (bicyclic) bond motifs is 1. The fourth-order valence-corrected chi connectivity index (χ4v) is 2.39. The molecule has 2 aromatic carbocycles. The molecule has 0 fully saturated rings. The molecule has 2 amide bonds. The lowest BCUT2D eigenvalue weighted by Gasteiger charge is -2.09. The number of hydrogen-bond donors (Lipinski definition) is 2. The Labute approximate surface area is 143 Å². The van der Waals surface area contributed by atoms with Gasteiger partial charge in [-0.25, -0.2) is 0 Å². The molecule has 0 unspecified atom stereocenters. The Morgan fingerprint density at radius 3 is 2.62 bits per heavy atom. The van der Waals surface area contributed by atoms with Crippen LogP contribution >= 0.6 is 11.6 Å². The topological polar surface area (TPSA) is 71.3 Å². The summed E-state index contributed by atoms with van der Waals surface area (Å²) >= 11 is 6.12. The van der Waals surface area contributed by atoms with E-state index in [0.717, 1.165) is 5.39 Å². The molecule has 0 radical (unpaired) electrons. The third-order valence-corrected chi connectivity index (χ3v) is 3.80. The van der Waals surface area contributed by atoms with Crippen LogP contribution in [0.25, 0.3) is 11.0 Å². The molecule has 6 heteroatoms. The molecule has 3 rings (SSSR count). The highest BCUT2D eigenvalue weighted by Crippen LogP contribution is 2.27. The van der Waals surface area contributed by atoms with Gasteiger partial charge in [-0.2, -0.15) is 0 Å². The first kappa shape index (κ1) is 16.1. The van der Waals surface area contributed by atoms with Gasteiger partial charge in [0.05, 0.1) is 10.7 Å². The fraction of sp³-hybridized carbons (Fsp3) is 0.111. The summed E-state index contributed by atoms with van der Waals surface area (Å²) in [5.41, 5.74) is 1.60. The van der Waals surface area contributed by atoms with Crippen LogP contribution in [-0.2, 0) is 4.79 Å². The van der Waals surface area contributed by atoms with Gasteiger partial charge in [-0.05, 0) is 30.3 Å². The zero-order chi connectivity index (χ0) is 17.1. The first-order valence-electron chi connectivity index (χ1n) is 7.46. The highest BCUT2D eigenvalue weighted by molar-refractivity contribution is 6.34. The van der Waals surface area contributed by atoms with Crippen molar-refractivity contribution in [3.05, 3.63) is 59.3 Å². The van der Waals surface area contributed by atoms with Crippen LogP contribution in [-0.4, -0.2) is 11.8 Å². The highest BCUT2D eigenvalue weighted by Gasteiger charge is 2.14.